The standard InChI is InChI=1S/C15H23NO4S/c1-15(2,3)21(18,19)11-10-16-13(14(17)20-4)12-8-6-5-7-9-12/h5-9,13,16H,10-11H2,1-4H3. The summed E-state index contributed by atoms with van der Waals surface area (Å²) in [7, 11) is -1.91. The highest BCUT2D eigenvalue weighted by Crippen LogP contribution is 2.17. The molecule has 1 aromatic carbocycles. The van der Waals surface area contributed by atoms with Crippen LogP contribution in [-0.4, -0.2) is 38.5 Å². The summed E-state index contributed by atoms with van der Waals surface area (Å²) >= 11 is 0. The lowest BCUT2D eigenvalue weighted by atomic mass is 10.1. The van der Waals surface area contributed by atoms with Crippen LogP contribution in [0.2, 0.25) is 0 Å². The minimum atomic E-state index is -3.22. The Morgan fingerprint density at radius 3 is 2.29 bits per heavy atom. The summed E-state index contributed by atoms with van der Waals surface area (Å²) in [6.07, 6.45) is 0. The van der Waals surface area contributed by atoms with Gasteiger partial charge in [-0.1, -0.05) is 30.3 Å². The van der Waals surface area contributed by atoms with Gasteiger partial charge in [0.05, 0.1) is 17.6 Å². The fourth-order valence-corrected chi connectivity index (χ4v) is 2.74. The van der Waals surface area contributed by atoms with Crippen LogP contribution in [-0.2, 0) is 19.4 Å². The Balaban J connectivity index is 2.75. The molecule has 1 atom stereocenters. The van der Waals surface area contributed by atoms with E-state index in [1.807, 2.05) is 18.2 Å². The van der Waals surface area contributed by atoms with E-state index in [4.69, 9.17) is 4.74 Å². The van der Waals surface area contributed by atoms with Crippen molar-refractivity contribution in [2.45, 2.75) is 31.6 Å². The molecule has 0 aliphatic carbocycles. The summed E-state index contributed by atoms with van der Waals surface area (Å²) < 4.78 is 28.1. The van der Waals surface area contributed by atoms with E-state index in [2.05, 4.69) is 5.32 Å². The maximum Gasteiger partial charge on any atom is 0.327 e. The Labute approximate surface area is 126 Å². The lowest BCUT2D eigenvalue weighted by Gasteiger charge is -2.21. The van der Waals surface area contributed by atoms with Gasteiger partial charge in [-0.25, -0.2) is 13.2 Å². The number of benzene rings is 1. The van der Waals surface area contributed by atoms with Gasteiger partial charge in [-0.3, -0.25) is 5.32 Å². The first kappa shape index (κ1) is 17.7. The topological polar surface area (TPSA) is 72.5 Å². The second-order valence-electron chi connectivity index (χ2n) is 5.75. The van der Waals surface area contributed by atoms with Gasteiger partial charge in [-0.2, -0.15) is 0 Å². The van der Waals surface area contributed by atoms with Crippen LogP contribution < -0.4 is 5.32 Å². The predicted octanol–water partition coefficient (Wildman–Crippen LogP) is 1.70. The Bertz CT molecular complexity index is 561. The monoisotopic (exact) mass is 313 g/mol. The van der Waals surface area contributed by atoms with Gasteiger partial charge in [0.25, 0.3) is 0 Å². The van der Waals surface area contributed by atoms with Crippen LogP contribution in [0.5, 0.6) is 0 Å². The minimum absolute atomic E-state index is 0.0309. The van der Waals surface area contributed by atoms with Crippen LogP contribution in [0.25, 0.3) is 0 Å². The molecule has 21 heavy (non-hydrogen) atoms. The van der Waals surface area contributed by atoms with Crippen molar-refractivity contribution >= 4 is 15.8 Å². The van der Waals surface area contributed by atoms with Gasteiger partial charge in [0.2, 0.25) is 0 Å². The molecular formula is C15H23NO4S. The number of hydrogen-bond donors (Lipinski definition) is 1. The minimum Gasteiger partial charge on any atom is -0.468 e. The molecule has 0 bridgehead atoms. The van der Waals surface area contributed by atoms with E-state index in [9.17, 15) is 13.2 Å². The molecule has 0 aromatic heterocycles. The Morgan fingerprint density at radius 2 is 1.81 bits per heavy atom. The highest BCUT2D eigenvalue weighted by atomic mass is 32.2. The van der Waals surface area contributed by atoms with Crippen molar-refractivity contribution < 1.29 is 17.9 Å². The highest BCUT2D eigenvalue weighted by molar-refractivity contribution is 7.92. The molecule has 6 heteroatoms. The fourth-order valence-electron chi connectivity index (χ4n) is 1.74. The van der Waals surface area contributed by atoms with Crippen molar-refractivity contribution in [3.63, 3.8) is 0 Å². The Morgan fingerprint density at radius 1 is 1.24 bits per heavy atom. The molecule has 118 valence electrons. The molecule has 1 aromatic rings. The third kappa shape index (κ3) is 4.82. The van der Waals surface area contributed by atoms with Crippen LogP contribution >= 0.6 is 0 Å². The quantitative estimate of drug-likeness (QED) is 0.809. The van der Waals surface area contributed by atoms with E-state index in [0.29, 0.717) is 0 Å². The summed E-state index contributed by atoms with van der Waals surface area (Å²) in [5, 5.41) is 2.96. The maximum atomic E-state index is 12.1. The van der Waals surface area contributed by atoms with Crippen molar-refractivity contribution in [2.24, 2.45) is 0 Å². The van der Waals surface area contributed by atoms with E-state index >= 15 is 0 Å². The molecular weight excluding hydrogens is 290 g/mol. The largest absolute Gasteiger partial charge is 0.468 e. The molecule has 0 radical (unpaired) electrons. The number of methoxy groups -OCH3 is 1. The maximum absolute atomic E-state index is 12.1. The average Bonchev–Trinajstić information content (AvgIpc) is 2.42. The van der Waals surface area contributed by atoms with Crippen LogP contribution in [0, 0.1) is 0 Å². The van der Waals surface area contributed by atoms with E-state index in [0.717, 1.165) is 5.56 Å². The number of sulfone groups is 1. The average molecular weight is 313 g/mol. The van der Waals surface area contributed by atoms with Gasteiger partial charge in [0.1, 0.15) is 6.04 Å². The summed E-state index contributed by atoms with van der Waals surface area (Å²) in [5.41, 5.74) is 0.748. The highest BCUT2D eigenvalue weighted by Gasteiger charge is 2.29. The van der Waals surface area contributed by atoms with E-state index in [1.165, 1.54) is 7.11 Å². The number of carbonyl (C=O) groups is 1. The molecule has 0 spiro atoms. The summed E-state index contributed by atoms with van der Waals surface area (Å²) in [5.74, 6) is -0.467. The first-order valence-corrected chi connectivity index (χ1v) is 8.43. The van der Waals surface area contributed by atoms with Crippen molar-refractivity contribution in [3.8, 4) is 0 Å². The lowest BCUT2D eigenvalue weighted by molar-refractivity contribution is -0.143. The number of ether oxygens (including phenoxy) is 1. The van der Waals surface area contributed by atoms with Crippen molar-refractivity contribution in [1.82, 2.24) is 5.32 Å². The van der Waals surface area contributed by atoms with E-state index in [-0.39, 0.29) is 12.3 Å². The third-order valence-electron chi connectivity index (χ3n) is 3.22. The third-order valence-corrected chi connectivity index (χ3v) is 5.83. The molecule has 0 fully saturated rings. The van der Waals surface area contributed by atoms with Gasteiger partial charge in [-0.15, -0.1) is 0 Å². The summed E-state index contributed by atoms with van der Waals surface area (Å²) in [6.45, 7) is 5.18. The zero-order valence-corrected chi connectivity index (χ0v) is 13.7. The second kappa shape index (κ2) is 7.04. The molecule has 0 heterocycles. The van der Waals surface area contributed by atoms with Crippen LogP contribution in [0.4, 0.5) is 0 Å². The number of nitrogens with one attached hydrogen (secondary N) is 1. The first-order valence-electron chi connectivity index (χ1n) is 6.77. The van der Waals surface area contributed by atoms with E-state index < -0.39 is 26.6 Å². The summed E-state index contributed by atoms with van der Waals surface area (Å²) in [4.78, 5) is 11.8. The lowest BCUT2D eigenvalue weighted by Crippen LogP contribution is -2.37. The van der Waals surface area contributed by atoms with Gasteiger partial charge in [0, 0.05) is 6.54 Å². The van der Waals surface area contributed by atoms with Gasteiger partial charge in [0.15, 0.2) is 9.84 Å². The van der Waals surface area contributed by atoms with E-state index in [1.54, 1.807) is 32.9 Å². The smallest absolute Gasteiger partial charge is 0.327 e. The molecule has 1 N–H and O–H groups in total. The van der Waals surface area contributed by atoms with Gasteiger partial charge >= 0.3 is 5.97 Å². The fraction of sp³-hybridized carbons (Fsp3) is 0.533. The van der Waals surface area contributed by atoms with Gasteiger partial charge < -0.3 is 4.74 Å². The SMILES string of the molecule is COC(=O)C(NCCS(=O)(=O)C(C)(C)C)c1ccccc1. The van der Waals surface area contributed by atoms with Crippen LogP contribution in [0.15, 0.2) is 30.3 Å². The Hall–Kier alpha value is -1.40. The second-order valence-corrected chi connectivity index (χ2v) is 8.61. The Kier molecular flexibility index (Phi) is 5.92. The number of esters is 1. The van der Waals surface area contributed by atoms with Crippen molar-refractivity contribution in [2.75, 3.05) is 19.4 Å². The zero-order chi connectivity index (χ0) is 16.1. The van der Waals surface area contributed by atoms with Gasteiger partial charge in [-0.05, 0) is 26.3 Å². The predicted molar refractivity (Wildman–Crippen MR) is 82.7 cm³/mol. The number of hydrogen-bond acceptors (Lipinski definition) is 5. The number of carbonyl (C=O) groups excluding carboxylic acids is 1. The number of rotatable bonds is 6. The molecule has 1 unspecified atom stereocenters. The summed E-state index contributed by atoms with van der Waals surface area (Å²) in [6, 6.07) is 8.42. The molecule has 1 rings (SSSR count). The zero-order valence-electron chi connectivity index (χ0n) is 12.9. The normalized spacial score (nSPS) is 13.7. The molecule has 0 amide bonds. The van der Waals surface area contributed by atoms with Crippen LogP contribution in [0.1, 0.15) is 32.4 Å². The van der Waals surface area contributed by atoms with Crippen LogP contribution in [0.3, 0.4) is 0 Å². The van der Waals surface area contributed by atoms with Crippen molar-refractivity contribution in [1.29, 1.82) is 0 Å². The molecule has 0 saturated heterocycles. The van der Waals surface area contributed by atoms with Crippen molar-refractivity contribution in [3.05, 3.63) is 35.9 Å². The molecule has 0 saturated carbocycles. The molecule has 0 aliphatic rings. The first-order chi connectivity index (χ1) is 9.69. The molecule has 0 aliphatic heterocycles. The molecule has 5 nitrogen and oxygen atoms in total.